The number of rotatable bonds is 4. The van der Waals surface area contributed by atoms with Crippen LogP contribution in [0.2, 0.25) is 0 Å². The number of aromatic nitrogens is 1. The third kappa shape index (κ3) is 3.70. The summed E-state index contributed by atoms with van der Waals surface area (Å²) in [5, 5.41) is 9.49. The van der Waals surface area contributed by atoms with Gasteiger partial charge in [0, 0.05) is 5.39 Å². The molecule has 26 heavy (non-hydrogen) atoms. The minimum atomic E-state index is -4.45. The van der Waals surface area contributed by atoms with Gasteiger partial charge in [-0.2, -0.15) is 18.4 Å². The fourth-order valence-corrected chi connectivity index (χ4v) is 2.41. The molecule has 0 fully saturated rings. The predicted molar refractivity (Wildman–Crippen MR) is 88.8 cm³/mol. The van der Waals surface area contributed by atoms with Crippen molar-refractivity contribution in [1.82, 2.24) is 4.98 Å². The second kappa shape index (κ2) is 6.92. The van der Waals surface area contributed by atoms with E-state index in [-0.39, 0.29) is 23.4 Å². The first kappa shape index (κ1) is 17.5. The fraction of sp³-hybridized carbons (Fsp3) is 0.158. The van der Waals surface area contributed by atoms with Gasteiger partial charge in [-0.05, 0) is 42.0 Å². The molecule has 2 aromatic carbocycles. The van der Waals surface area contributed by atoms with Gasteiger partial charge in [-0.3, -0.25) is 0 Å². The van der Waals surface area contributed by atoms with Gasteiger partial charge in [0.05, 0.1) is 18.2 Å². The molecular formula is C19H13F3N2O2. The highest BCUT2D eigenvalue weighted by Gasteiger charge is 2.30. The first-order valence-electron chi connectivity index (χ1n) is 7.58. The highest BCUT2D eigenvalue weighted by Crippen LogP contribution is 2.32. The molecule has 0 radical (unpaired) electrons. The molecule has 3 rings (SSSR count). The van der Waals surface area contributed by atoms with Crippen LogP contribution in [0.15, 0.2) is 48.5 Å². The van der Waals surface area contributed by atoms with Gasteiger partial charge in [0.2, 0.25) is 0 Å². The molecule has 4 nitrogen and oxygen atoms in total. The Balaban J connectivity index is 1.91. The van der Waals surface area contributed by atoms with Crippen LogP contribution in [0.5, 0.6) is 11.5 Å². The van der Waals surface area contributed by atoms with Gasteiger partial charge in [0.25, 0.3) is 0 Å². The first-order chi connectivity index (χ1) is 12.4. The number of hydrogen-bond acceptors (Lipinski definition) is 4. The van der Waals surface area contributed by atoms with Crippen molar-refractivity contribution >= 4 is 10.9 Å². The number of halogens is 3. The molecule has 1 heterocycles. The Bertz CT molecular complexity index is 977. The Morgan fingerprint density at radius 1 is 1.08 bits per heavy atom. The maximum atomic E-state index is 12.9. The highest BCUT2D eigenvalue weighted by atomic mass is 19.4. The summed E-state index contributed by atoms with van der Waals surface area (Å²) in [6, 6.07) is 13.6. The third-order valence-corrected chi connectivity index (χ3v) is 3.77. The average molecular weight is 358 g/mol. The molecule has 0 N–H and O–H groups in total. The summed E-state index contributed by atoms with van der Waals surface area (Å²) in [5.74, 6) is 0.827. The topological polar surface area (TPSA) is 55.1 Å². The number of hydrogen-bond donors (Lipinski definition) is 0. The number of pyridine rings is 1. The van der Waals surface area contributed by atoms with Crippen LogP contribution in [-0.2, 0) is 12.8 Å². The van der Waals surface area contributed by atoms with Crippen LogP contribution in [0.3, 0.4) is 0 Å². The lowest BCUT2D eigenvalue weighted by Crippen LogP contribution is -2.05. The van der Waals surface area contributed by atoms with Gasteiger partial charge in [-0.15, -0.1) is 0 Å². The van der Waals surface area contributed by atoms with Crippen molar-refractivity contribution < 1.29 is 22.6 Å². The molecule has 132 valence electrons. The summed E-state index contributed by atoms with van der Waals surface area (Å²) in [4.78, 5) is 4.08. The zero-order valence-corrected chi connectivity index (χ0v) is 13.7. The molecule has 7 heteroatoms. The van der Waals surface area contributed by atoms with E-state index in [9.17, 15) is 18.4 Å². The highest BCUT2D eigenvalue weighted by molar-refractivity contribution is 5.82. The Labute approximate surface area is 147 Å². The van der Waals surface area contributed by atoms with Crippen LogP contribution in [0, 0.1) is 11.3 Å². The molecule has 0 aliphatic carbocycles. The van der Waals surface area contributed by atoms with Gasteiger partial charge in [-0.25, -0.2) is 4.98 Å². The maximum Gasteiger partial charge on any atom is 0.416 e. The van der Waals surface area contributed by atoms with E-state index in [1.807, 2.05) is 6.07 Å². The van der Waals surface area contributed by atoms with E-state index < -0.39 is 11.7 Å². The summed E-state index contributed by atoms with van der Waals surface area (Å²) in [6.45, 7) is 0.144. The second-order valence-electron chi connectivity index (χ2n) is 5.49. The summed E-state index contributed by atoms with van der Waals surface area (Å²) in [7, 11) is 1.56. The van der Waals surface area contributed by atoms with Gasteiger partial charge in [0.15, 0.2) is 11.4 Å². The Morgan fingerprint density at radius 3 is 2.42 bits per heavy atom. The Hall–Kier alpha value is -3.27. The van der Waals surface area contributed by atoms with Crippen molar-refractivity contribution in [1.29, 1.82) is 5.26 Å². The zero-order valence-electron chi connectivity index (χ0n) is 13.7. The van der Waals surface area contributed by atoms with Crippen LogP contribution in [0.1, 0.15) is 16.8 Å². The van der Waals surface area contributed by atoms with Gasteiger partial charge in [-0.1, -0.05) is 12.1 Å². The molecule has 0 saturated heterocycles. The first-order valence-corrected chi connectivity index (χ1v) is 7.58. The van der Waals surface area contributed by atoms with Crippen LogP contribution in [0.4, 0.5) is 13.2 Å². The van der Waals surface area contributed by atoms with Gasteiger partial charge >= 0.3 is 6.18 Å². The predicted octanol–water partition coefficient (Wildman–Crippen LogP) is 4.71. The summed E-state index contributed by atoms with van der Waals surface area (Å²) in [5.41, 5.74) is 0.355. The number of nitrogens with zero attached hydrogens (tertiary/aromatic N) is 2. The summed E-state index contributed by atoms with van der Waals surface area (Å²) < 4.78 is 49.3. The van der Waals surface area contributed by atoms with E-state index in [4.69, 9.17) is 9.47 Å². The fourth-order valence-electron chi connectivity index (χ4n) is 2.41. The third-order valence-electron chi connectivity index (χ3n) is 3.77. The molecule has 3 aromatic rings. The molecular weight excluding hydrogens is 345 g/mol. The lowest BCUT2D eigenvalue weighted by molar-refractivity contribution is -0.137. The van der Waals surface area contributed by atoms with Crippen LogP contribution >= 0.6 is 0 Å². The molecule has 0 atom stereocenters. The van der Waals surface area contributed by atoms with Crippen molar-refractivity contribution in [2.45, 2.75) is 12.8 Å². The number of fused-ring (bicyclic) bond motifs is 1. The van der Waals surface area contributed by atoms with Crippen molar-refractivity contribution in [2.75, 3.05) is 7.11 Å². The van der Waals surface area contributed by atoms with E-state index >= 15 is 0 Å². The van der Waals surface area contributed by atoms with E-state index in [0.29, 0.717) is 11.3 Å². The van der Waals surface area contributed by atoms with Crippen molar-refractivity contribution in [3.05, 3.63) is 65.4 Å². The molecule has 1 aromatic heterocycles. The molecule has 0 aliphatic rings. The van der Waals surface area contributed by atoms with Crippen molar-refractivity contribution in [3.63, 3.8) is 0 Å². The number of alkyl halides is 3. The molecule has 0 saturated carbocycles. The van der Waals surface area contributed by atoms with Crippen molar-refractivity contribution in [3.8, 4) is 17.6 Å². The van der Waals surface area contributed by atoms with Gasteiger partial charge < -0.3 is 9.47 Å². The lowest BCUT2D eigenvalue weighted by Gasteiger charge is -2.11. The Morgan fingerprint density at radius 2 is 1.81 bits per heavy atom. The smallest absolute Gasteiger partial charge is 0.416 e. The number of benzene rings is 2. The molecule has 0 spiro atoms. The summed E-state index contributed by atoms with van der Waals surface area (Å²) in [6.07, 6.45) is -4.45. The van der Waals surface area contributed by atoms with Crippen LogP contribution in [0.25, 0.3) is 10.9 Å². The molecule has 0 aliphatic heterocycles. The van der Waals surface area contributed by atoms with E-state index in [1.165, 1.54) is 12.1 Å². The monoisotopic (exact) mass is 358 g/mol. The maximum absolute atomic E-state index is 12.9. The van der Waals surface area contributed by atoms with E-state index in [0.717, 1.165) is 17.7 Å². The number of ether oxygens (including phenoxy) is 2. The SMILES string of the molecule is COc1ccc(COc2cc3cc(C(F)(F)F)ccc3nc2C#N)cc1. The van der Waals surface area contributed by atoms with E-state index in [2.05, 4.69) is 4.98 Å². The largest absolute Gasteiger partial charge is 0.497 e. The minimum Gasteiger partial charge on any atom is -0.497 e. The van der Waals surface area contributed by atoms with Crippen molar-refractivity contribution in [2.24, 2.45) is 0 Å². The molecule has 0 bridgehead atoms. The quantitative estimate of drug-likeness (QED) is 0.678. The Kier molecular flexibility index (Phi) is 4.67. The van der Waals surface area contributed by atoms with E-state index in [1.54, 1.807) is 31.4 Å². The average Bonchev–Trinajstić information content (AvgIpc) is 2.64. The molecule has 0 unspecified atom stereocenters. The summed E-state index contributed by atoms with van der Waals surface area (Å²) >= 11 is 0. The van der Waals surface area contributed by atoms with Gasteiger partial charge in [0.1, 0.15) is 18.4 Å². The normalized spacial score (nSPS) is 11.2. The standard InChI is InChI=1S/C19H13F3N2O2/c1-25-15-5-2-12(3-6-15)11-26-18-9-13-8-14(19(20,21)22)4-7-16(13)24-17(18)10-23/h2-9H,11H2,1H3. The number of nitriles is 1. The second-order valence-corrected chi connectivity index (χ2v) is 5.49. The lowest BCUT2D eigenvalue weighted by atomic mass is 10.1. The van der Waals surface area contributed by atoms with Crippen LogP contribution in [-0.4, -0.2) is 12.1 Å². The van der Waals surface area contributed by atoms with Crippen LogP contribution < -0.4 is 9.47 Å². The molecule has 0 amide bonds. The number of methoxy groups -OCH3 is 1. The zero-order chi connectivity index (χ0) is 18.7. The minimum absolute atomic E-state index is 0.0192.